The number of hydrogen-bond acceptors (Lipinski definition) is 2. The van der Waals surface area contributed by atoms with Crippen molar-refractivity contribution in [3.63, 3.8) is 0 Å². The van der Waals surface area contributed by atoms with Crippen LogP contribution < -0.4 is 5.32 Å². The number of Topliss-reactive ketones (excluding diaryl/α,β-unsaturated/α-hetero) is 1. The smallest absolute Gasteiger partial charge is 0.178 e. The topological polar surface area (TPSA) is 34.0 Å². The van der Waals surface area contributed by atoms with E-state index in [0.29, 0.717) is 12.6 Å². The monoisotopic (exact) mass is 324 g/mol. The molecular formula is C21H28N2O. The second kappa shape index (κ2) is 7.80. The number of nitrogens with one attached hydrogen (secondary N) is 1. The average molecular weight is 324 g/mol. The molecule has 3 heteroatoms. The fraction of sp³-hybridized carbons (Fsp3) is 0.476. The third-order valence-electron chi connectivity index (χ3n) is 5.18. The van der Waals surface area contributed by atoms with Gasteiger partial charge in [0, 0.05) is 29.5 Å². The van der Waals surface area contributed by atoms with E-state index in [4.69, 9.17) is 0 Å². The lowest BCUT2D eigenvalue weighted by Crippen LogP contribution is -2.23. The van der Waals surface area contributed by atoms with Gasteiger partial charge in [-0.05, 0) is 38.3 Å². The molecule has 0 bridgehead atoms. The Morgan fingerprint density at radius 3 is 2.54 bits per heavy atom. The zero-order valence-electron chi connectivity index (χ0n) is 14.8. The minimum absolute atomic E-state index is 0.195. The Hall–Kier alpha value is -1.87. The molecule has 0 amide bonds. The largest absolute Gasteiger partial charge is 0.345 e. The van der Waals surface area contributed by atoms with Crippen LogP contribution in [0.2, 0.25) is 0 Å². The number of benzene rings is 1. The minimum atomic E-state index is 0.195. The number of hydrogen-bond donors (Lipinski definition) is 1. The molecule has 0 aliphatic heterocycles. The maximum Gasteiger partial charge on any atom is 0.178 e. The Morgan fingerprint density at radius 1 is 1.12 bits per heavy atom. The fourth-order valence-corrected chi connectivity index (χ4v) is 3.97. The van der Waals surface area contributed by atoms with Crippen molar-refractivity contribution in [2.24, 2.45) is 0 Å². The average Bonchev–Trinajstić information content (AvgIpc) is 2.91. The molecule has 0 spiro atoms. The highest BCUT2D eigenvalue weighted by Gasteiger charge is 2.22. The van der Waals surface area contributed by atoms with E-state index in [9.17, 15) is 4.79 Å². The Morgan fingerprint density at radius 2 is 1.83 bits per heavy atom. The highest BCUT2D eigenvalue weighted by atomic mass is 16.1. The van der Waals surface area contributed by atoms with Gasteiger partial charge in [-0.3, -0.25) is 4.79 Å². The molecule has 3 nitrogen and oxygen atoms in total. The molecule has 0 atom stereocenters. The second-order valence-corrected chi connectivity index (χ2v) is 6.96. The summed E-state index contributed by atoms with van der Waals surface area (Å²) in [4.78, 5) is 12.6. The van der Waals surface area contributed by atoms with Gasteiger partial charge >= 0.3 is 0 Å². The lowest BCUT2D eigenvalue weighted by atomic mass is 9.95. The molecule has 0 radical (unpaired) electrons. The van der Waals surface area contributed by atoms with Crippen LogP contribution in [0.25, 0.3) is 0 Å². The molecule has 2 aromatic rings. The zero-order valence-corrected chi connectivity index (χ0v) is 14.8. The first-order chi connectivity index (χ1) is 11.7. The van der Waals surface area contributed by atoms with Crippen molar-refractivity contribution >= 4 is 5.78 Å². The summed E-state index contributed by atoms with van der Waals surface area (Å²) in [5.74, 6) is 0.195. The molecule has 0 saturated heterocycles. The van der Waals surface area contributed by atoms with E-state index < -0.39 is 0 Å². The van der Waals surface area contributed by atoms with Crippen molar-refractivity contribution in [2.75, 3.05) is 6.54 Å². The lowest BCUT2D eigenvalue weighted by Gasteiger charge is -2.26. The van der Waals surface area contributed by atoms with Gasteiger partial charge in [0.2, 0.25) is 0 Å². The summed E-state index contributed by atoms with van der Waals surface area (Å²) in [6.07, 6.45) is 6.46. The highest BCUT2D eigenvalue weighted by molar-refractivity contribution is 5.99. The van der Waals surface area contributed by atoms with Crippen molar-refractivity contribution in [1.29, 1.82) is 0 Å². The van der Waals surface area contributed by atoms with Gasteiger partial charge in [0.25, 0.3) is 0 Å². The third kappa shape index (κ3) is 3.78. The van der Waals surface area contributed by atoms with E-state index in [2.05, 4.69) is 41.9 Å². The highest BCUT2D eigenvalue weighted by Crippen LogP contribution is 2.32. The number of nitrogens with zero attached hydrogens (tertiary/aromatic N) is 1. The van der Waals surface area contributed by atoms with Crippen molar-refractivity contribution in [2.45, 2.75) is 58.5 Å². The van der Waals surface area contributed by atoms with Crippen LogP contribution in [0.1, 0.15) is 65.5 Å². The fourth-order valence-electron chi connectivity index (χ4n) is 3.97. The van der Waals surface area contributed by atoms with Gasteiger partial charge in [0.15, 0.2) is 5.78 Å². The van der Waals surface area contributed by atoms with Gasteiger partial charge < -0.3 is 9.88 Å². The molecule has 3 rings (SSSR count). The Labute approximate surface area is 145 Å². The first-order valence-corrected chi connectivity index (χ1v) is 9.13. The number of aryl methyl sites for hydroxylation is 1. The van der Waals surface area contributed by atoms with E-state index in [1.54, 1.807) is 0 Å². The van der Waals surface area contributed by atoms with Gasteiger partial charge in [-0.15, -0.1) is 0 Å². The van der Waals surface area contributed by atoms with Gasteiger partial charge in [-0.25, -0.2) is 0 Å². The second-order valence-electron chi connectivity index (χ2n) is 6.96. The quantitative estimate of drug-likeness (QED) is 0.789. The van der Waals surface area contributed by atoms with Crippen molar-refractivity contribution in [3.8, 4) is 0 Å². The molecule has 24 heavy (non-hydrogen) atoms. The Balaban J connectivity index is 1.64. The number of carbonyl (C=O) groups excluding carboxylic acids is 1. The lowest BCUT2D eigenvalue weighted by molar-refractivity contribution is 0.0990. The van der Waals surface area contributed by atoms with E-state index in [1.807, 2.05) is 18.2 Å². The first-order valence-electron chi connectivity index (χ1n) is 9.13. The number of carbonyl (C=O) groups is 1. The maximum atomic E-state index is 12.6. The molecule has 1 aliphatic carbocycles. The van der Waals surface area contributed by atoms with E-state index in [0.717, 1.165) is 17.8 Å². The summed E-state index contributed by atoms with van der Waals surface area (Å²) in [6.45, 7) is 5.36. The van der Waals surface area contributed by atoms with Crippen LogP contribution in [0.4, 0.5) is 0 Å². The molecular weight excluding hydrogens is 296 g/mol. The molecule has 1 aliphatic rings. The SMILES string of the molecule is Cc1cc(C(=O)CNCc2ccccc2)c(C)n1C1CCCCC1. The third-order valence-corrected chi connectivity index (χ3v) is 5.18. The number of rotatable bonds is 6. The molecule has 1 saturated carbocycles. The van der Waals surface area contributed by atoms with Crippen LogP contribution in [0.3, 0.4) is 0 Å². The zero-order chi connectivity index (χ0) is 16.9. The van der Waals surface area contributed by atoms with Gasteiger partial charge in [0.05, 0.1) is 6.54 Å². The van der Waals surface area contributed by atoms with Gasteiger partial charge in [0.1, 0.15) is 0 Å². The standard InChI is InChI=1S/C21H28N2O/c1-16-13-20(17(2)23(16)19-11-7-4-8-12-19)21(24)15-22-14-18-9-5-3-6-10-18/h3,5-6,9-10,13,19,22H,4,7-8,11-12,14-15H2,1-2H3. The summed E-state index contributed by atoms with van der Waals surface area (Å²) >= 11 is 0. The Kier molecular flexibility index (Phi) is 5.52. The maximum absolute atomic E-state index is 12.6. The van der Waals surface area contributed by atoms with Crippen LogP contribution in [0, 0.1) is 13.8 Å². The number of ketones is 1. The summed E-state index contributed by atoms with van der Waals surface area (Å²) in [7, 11) is 0. The van der Waals surface area contributed by atoms with Crippen LogP contribution in [-0.2, 0) is 6.54 Å². The van der Waals surface area contributed by atoms with Crippen molar-refractivity contribution in [1.82, 2.24) is 9.88 Å². The first kappa shape index (κ1) is 17.0. The van der Waals surface area contributed by atoms with Gasteiger partial charge in [-0.2, -0.15) is 0 Å². The predicted molar refractivity (Wildman–Crippen MR) is 98.5 cm³/mol. The summed E-state index contributed by atoms with van der Waals surface area (Å²) in [5, 5.41) is 3.28. The van der Waals surface area contributed by atoms with Crippen LogP contribution in [0.5, 0.6) is 0 Å². The molecule has 1 aromatic carbocycles. The predicted octanol–water partition coefficient (Wildman–Crippen LogP) is 4.58. The van der Waals surface area contributed by atoms with Crippen LogP contribution >= 0.6 is 0 Å². The van der Waals surface area contributed by atoms with Crippen molar-refractivity contribution in [3.05, 3.63) is 58.9 Å². The van der Waals surface area contributed by atoms with E-state index in [-0.39, 0.29) is 5.78 Å². The summed E-state index contributed by atoms with van der Waals surface area (Å²) in [6, 6.07) is 12.9. The minimum Gasteiger partial charge on any atom is -0.345 e. The van der Waals surface area contributed by atoms with Crippen LogP contribution in [0.15, 0.2) is 36.4 Å². The number of aromatic nitrogens is 1. The van der Waals surface area contributed by atoms with Gasteiger partial charge in [-0.1, -0.05) is 49.6 Å². The summed E-state index contributed by atoms with van der Waals surface area (Å²) in [5.41, 5.74) is 4.47. The molecule has 1 fully saturated rings. The molecule has 128 valence electrons. The normalized spacial score (nSPS) is 15.6. The molecule has 1 aromatic heterocycles. The summed E-state index contributed by atoms with van der Waals surface area (Å²) < 4.78 is 2.41. The molecule has 1 heterocycles. The molecule has 0 unspecified atom stereocenters. The van der Waals surface area contributed by atoms with E-state index >= 15 is 0 Å². The van der Waals surface area contributed by atoms with Crippen molar-refractivity contribution < 1.29 is 4.79 Å². The Bertz CT molecular complexity index is 681. The van der Waals surface area contributed by atoms with E-state index in [1.165, 1.54) is 43.4 Å². The van der Waals surface area contributed by atoms with Crippen LogP contribution in [-0.4, -0.2) is 16.9 Å². The molecule has 1 N–H and O–H groups in total.